The molecule has 22 heavy (non-hydrogen) atoms. The highest BCUT2D eigenvalue weighted by Gasteiger charge is 2.14. The van der Waals surface area contributed by atoms with E-state index in [4.69, 9.17) is 21.7 Å². The third-order valence-corrected chi connectivity index (χ3v) is 3.87. The molecule has 1 N–H and O–H groups in total. The molecular formula is C16H12N2O3S. The second-order valence-corrected chi connectivity index (χ2v) is 5.33. The Balaban J connectivity index is 1.98. The van der Waals surface area contributed by atoms with Gasteiger partial charge in [-0.05, 0) is 36.5 Å². The number of ether oxygens (including phenoxy) is 2. The molecule has 0 unspecified atom stereocenters. The van der Waals surface area contributed by atoms with E-state index in [2.05, 4.69) is 4.98 Å². The van der Waals surface area contributed by atoms with Crippen molar-refractivity contribution in [1.29, 1.82) is 0 Å². The van der Waals surface area contributed by atoms with Gasteiger partial charge in [-0.2, -0.15) is 0 Å². The summed E-state index contributed by atoms with van der Waals surface area (Å²) in [7, 11) is 0. The monoisotopic (exact) mass is 312 g/mol. The maximum absolute atomic E-state index is 12.7. The fourth-order valence-corrected chi connectivity index (χ4v) is 2.87. The smallest absolute Gasteiger partial charge is 0.266 e. The molecule has 4 rings (SSSR count). The minimum atomic E-state index is -0.156. The van der Waals surface area contributed by atoms with Gasteiger partial charge in [-0.25, -0.2) is 0 Å². The third-order valence-electron chi connectivity index (χ3n) is 3.59. The van der Waals surface area contributed by atoms with Crippen molar-refractivity contribution in [3.63, 3.8) is 0 Å². The van der Waals surface area contributed by atoms with Crippen LogP contribution >= 0.6 is 12.2 Å². The molecular weight excluding hydrogens is 300 g/mol. The van der Waals surface area contributed by atoms with Gasteiger partial charge < -0.3 is 14.5 Å². The molecule has 0 amide bonds. The second-order valence-electron chi connectivity index (χ2n) is 4.94. The lowest BCUT2D eigenvalue weighted by Gasteiger charge is -2.19. The number of nitrogens with one attached hydrogen (secondary N) is 1. The van der Waals surface area contributed by atoms with E-state index in [0.29, 0.717) is 40.6 Å². The van der Waals surface area contributed by atoms with Gasteiger partial charge in [0.1, 0.15) is 13.2 Å². The summed E-state index contributed by atoms with van der Waals surface area (Å²) in [5.41, 5.74) is 1.23. The van der Waals surface area contributed by atoms with E-state index in [1.165, 1.54) is 4.57 Å². The van der Waals surface area contributed by atoms with E-state index in [1.54, 1.807) is 24.3 Å². The number of H-pyrrole nitrogens is 1. The van der Waals surface area contributed by atoms with Crippen LogP contribution in [0, 0.1) is 4.77 Å². The SMILES string of the molecule is O=c1c2ccccc2[nH]c(=S)n1-c1ccc2c(c1)OCCO2. The quantitative estimate of drug-likeness (QED) is 0.702. The molecule has 2 heterocycles. The van der Waals surface area contributed by atoms with Crippen molar-refractivity contribution in [2.75, 3.05) is 13.2 Å². The van der Waals surface area contributed by atoms with Crippen molar-refractivity contribution in [2.45, 2.75) is 0 Å². The number of aromatic amines is 1. The Labute approximate surface area is 130 Å². The Hall–Kier alpha value is -2.60. The van der Waals surface area contributed by atoms with Gasteiger partial charge in [0.15, 0.2) is 16.3 Å². The minimum Gasteiger partial charge on any atom is -0.486 e. The number of aromatic nitrogens is 2. The van der Waals surface area contributed by atoms with E-state index in [9.17, 15) is 4.79 Å². The molecule has 0 radical (unpaired) electrons. The van der Waals surface area contributed by atoms with Gasteiger partial charge in [0.05, 0.1) is 16.6 Å². The van der Waals surface area contributed by atoms with Gasteiger partial charge in [-0.3, -0.25) is 9.36 Å². The summed E-state index contributed by atoms with van der Waals surface area (Å²) >= 11 is 5.34. The van der Waals surface area contributed by atoms with Crippen molar-refractivity contribution < 1.29 is 9.47 Å². The molecule has 0 fully saturated rings. The molecule has 0 bridgehead atoms. The molecule has 0 spiro atoms. The van der Waals surface area contributed by atoms with Gasteiger partial charge in [-0.15, -0.1) is 0 Å². The Morgan fingerprint density at radius 2 is 1.82 bits per heavy atom. The normalized spacial score (nSPS) is 13.3. The lowest BCUT2D eigenvalue weighted by atomic mass is 10.2. The van der Waals surface area contributed by atoms with Crippen LogP contribution < -0.4 is 15.0 Å². The van der Waals surface area contributed by atoms with Crippen LogP contribution in [0.5, 0.6) is 11.5 Å². The third kappa shape index (κ3) is 2.00. The Morgan fingerprint density at radius 3 is 2.68 bits per heavy atom. The van der Waals surface area contributed by atoms with Crippen LogP contribution in [0.15, 0.2) is 47.3 Å². The summed E-state index contributed by atoms with van der Waals surface area (Å²) in [6, 6.07) is 12.7. The van der Waals surface area contributed by atoms with Gasteiger partial charge in [-0.1, -0.05) is 12.1 Å². The number of para-hydroxylation sites is 1. The zero-order valence-electron chi connectivity index (χ0n) is 11.5. The van der Waals surface area contributed by atoms with Crippen LogP contribution in [0.4, 0.5) is 0 Å². The molecule has 0 saturated carbocycles. The van der Waals surface area contributed by atoms with Crippen LogP contribution in [0.3, 0.4) is 0 Å². The van der Waals surface area contributed by atoms with E-state index < -0.39 is 0 Å². The highest BCUT2D eigenvalue weighted by molar-refractivity contribution is 7.71. The summed E-state index contributed by atoms with van der Waals surface area (Å²) < 4.78 is 12.9. The van der Waals surface area contributed by atoms with Crippen molar-refractivity contribution in [1.82, 2.24) is 9.55 Å². The summed E-state index contributed by atoms with van der Waals surface area (Å²) in [5.74, 6) is 1.30. The zero-order valence-corrected chi connectivity index (χ0v) is 12.4. The average molecular weight is 312 g/mol. The topological polar surface area (TPSA) is 56.2 Å². The molecule has 3 aromatic rings. The largest absolute Gasteiger partial charge is 0.486 e. The molecule has 2 aromatic carbocycles. The fraction of sp³-hybridized carbons (Fsp3) is 0.125. The Kier molecular flexibility index (Phi) is 2.97. The van der Waals surface area contributed by atoms with Gasteiger partial charge in [0, 0.05) is 6.07 Å². The first-order valence-corrected chi connectivity index (χ1v) is 7.29. The van der Waals surface area contributed by atoms with Gasteiger partial charge in [0.25, 0.3) is 5.56 Å². The standard InChI is InChI=1S/C16H12N2O3S/c19-15-11-3-1-2-4-12(11)17-16(22)18(15)10-5-6-13-14(9-10)21-8-7-20-13/h1-6,9H,7-8H2,(H,17,22). The summed E-state index contributed by atoms with van der Waals surface area (Å²) in [4.78, 5) is 15.8. The zero-order chi connectivity index (χ0) is 15.1. The molecule has 0 aliphatic carbocycles. The number of hydrogen-bond acceptors (Lipinski definition) is 4. The fourth-order valence-electron chi connectivity index (χ4n) is 2.57. The molecule has 1 aliphatic heterocycles. The van der Waals surface area contributed by atoms with Crippen molar-refractivity contribution in [2.24, 2.45) is 0 Å². The molecule has 1 aliphatic rings. The van der Waals surface area contributed by atoms with Crippen LogP contribution in [0.2, 0.25) is 0 Å². The molecule has 0 atom stereocenters. The maximum Gasteiger partial charge on any atom is 0.266 e. The number of benzene rings is 2. The molecule has 1 aromatic heterocycles. The number of nitrogens with zero attached hydrogens (tertiary/aromatic N) is 1. The molecule has 5 nitrogen and oxygen atoms in total. The lowest BCUT2D eigenvalue weighted by Crippen LogP contribution is -2.21. The van der Waals surface area contributed by atoms with Crippen LogP contribution in [-0.4, -0.2) is 22.8 Å². The lowest BCUT2D eigenvalue weighted by molar-refractivity contribution is 0.171. The van der Waals surface area contributed by atoms with Gasteiger partial charge >= 0.3 is 0 Å². The van der Waals surface area contributed by atoms with E-state index in [0.717, 1.165) is 5.52 Å². The Bertz CT molecular complexity index is 991. The molecule has 6 heteroatoms. The molecule has 110 valence electrons. The minimum absolute atomic E-state index is 0.156. The number of fused-ring (bicyclic) bond motifs is 2. The first-order valence-electron chi connectivity index (χ1n) is 6.88. The van der Waals surface area contributed by atoms with E-state index in [1.807, 2.05) is 18.2 Å². The molecule has 0 saturated heterocycles. The summed E-state index contributed by atoms with van der Waals surface area (Å²) in [6.45, 7) is 1.03. The predicted molar refractivity (Wildman–Crippen MR) is 85.7 cm³/mol. The maximum atomic E-state index is 12.7. The highest BCUT2D eigenvalue weighted by Crippen LogP contribution is 2.31. The number of hydrogen-bond donors (Lipinski definition) is 1. The van der Waals surface area contributed by atoms with Crippen LogP contribution in [-0.2, 0) is 0 Å². The predicted octanol–water partition coefficient (Wildman–Crippen LogP) is 2.82. The Morgan fingerprint density at radius 1 is 1.05 bits per heavy atom. The van der Waals surface area contributed by atoms with Crippen LogP contribution in [0.1, 0.15) is 0 Å². The summed E-state index contributed by atoms with van der Waals surface area (Å²) in [5, 5.41) is 0.589. The van der Waals surface area contributed by atoms with Gasteiger partial charge in [0.2, 0.25) is 0 Å². The second kappa shape index (κ2) is 4.99. The first kappa shape index (κ1) is 13.1. The number of rotatable bonds is 1. The van der Waals surface area contributed by atoms with Crippen LogP contribution in [0.25, 0.3) is 16.6 Å². The summed E-state index contributed by atoms with van der Waals surface area (Å²) in [6.07, 6.45) is 0. The van der Waals surface area contributed by atoms with E-state index >= 15 is 0 Å². The van der Waals surface area contributed by atoms with Crippen molar-refractivity contribution in [3.8, 4) is 17.2 Å². The van der Waals surface area contributed by atoms with Crippen molar-refractivity contribution in [3.05, 3.63) is 57.6 Å². The highest BCUT2D eigenvalue weighted by atomic mass is 32.1. The first-order chi connectivity index (χ1) is 10.7. The average Bonchev–Trinajstić information content (AvgIpc) is 2.55. The van der Waals surface area contributed by atoms with E-state index in [-0.39, 0.29) is 5.56 Å². The van der Waals surface area contributed by atoms with Crippen molar-refractivity contribution >= 4 is 23.1 Å².